The number of pyridine rings is 1. The first-order chi connectivity index (χ1) is 24.2. The van der Waals surface area contributed by atoms with Crippen LogP contribution in [0.4, 0.5) is 0 Å². The maximum absolute atomic E-state index is 12.1. The molecule has 0 aliphatic carbocycles. The number of aliphatic carboxylic acids is 1. The molecule has 0 radical (unpaired) electrons. The van der Waals surface area contributed by atoms with Gasteiger partial charge in [0.1, 0.15) is 6.54 Å². The maximum Gasteiger partial charge on any atom is 0.322 e. The number of nitrogens with zero attached hydrogens (tertiary/aromatic N) is 3. The third kappa shape index (κ3) is 10.7. The number of amides is 1. The van der Waals surface area contributed by atoms with E-state index >= 15 is 0 Å². The number of carboxylic acid groups (broad SMARTS) is 1. The minimum absolute atomic E-state index is 0.0371. The van der Waals surface area contributed by atoms with Crippen LogP contribution in [0.3, 0.4) is 0 Å². The summed E-state index contributed by atoms with van der Waals surface area (Å²) in [4.78, 5) is 27.0. The smallest absolute Gasteiger partial charge is 0.322 e. The van der Waals surface area contributed by atoms with Crippen LogP contribution in [0.1, 0.15) is 68.2 Å². The van der Waals surface area contributed by atoms with Gasteiger partial charge in [-0.05, 0) is 91.3 Å². The van der Waals surface area contributed by atoms with Crippen LogP contribution < -0.4 is 5.32 Å². The fraction of sp³-hybridized carbons (Fsp3) is 0.195. The predicted octanol–water partition coefficient (Wildman–Crippen LogP) is 7.97. The van der Waals surface area contributed by atoms with E-state index in [9.17, 15) is 14.8 Å². The van der Waals surface area contributed by atoms with E-state index in [-0.39, 0.29) is 5.92 Å². The van der Waals surface area contributed by atoms with E-state index in [1.165, 1.54) is 17.3 Å². The van der Waals surface area contributed by atoms with Gasteiger partial charge >= 0.3 is 5.97 Å². The third-order valence-electron chi connectivity index (χ3n) is 8.27. The van der Waals surface area contributed by atoms with Crippen LogP contribution in [0.2, 0.25) is 0 Å². The van der Waals surface area contributed by atoms with Crippen molar-refractivity contribution < 1.29 is 25.1 Å². The highest BCUT2D eigenvalue weighted by atomic mass is 16.4. The Hall–Kier alpha value is -6.09. The largest absolute Gasteiger partial charge is 0.480 e. The van der Waals surface area contributed by atoms with E-state index in [0.29, 0.717) is 17.7 Å². The second-order valence-electron chi connectivity index (χ2n) is 11.9. The highest BCUT2D eigenvalue weighted by Gasteiger charge is 2.21. The number of carbonyl (C=O) groups is 2. The fourth-order valence-electron chi connectivity index (χ4n) is 5.54. The molecule has 0 saturated carbocycles. The summed E-state index contributed by atoms with van der Waals surface area (Å²) in [5.74, 6) is -1.56. The number of nitrogens with one attached hydrogen (secondary N) is 1. The Morgan fingerprint density at radius 1 is 0.820 bits per heavy atom. The molecule has 0 spiro atoms. The number of carboxylic acids is 1. The summed E-state index contributed by atoms with van der Waals surface area (Å²) in [5.41, 5.74) is 10.5. The molecular weight excluding hydrogens is 628 g/mol. The molecule has 50 heavy (non-hydrogen) atoms. The van der Waals surface area contributed by atoms with Gasteiger partial charge in [0, 0.05) is 41.6 Å². The zero-order valence-corrected chi connectivity index (χ0v) is 28.5. The van der Waals surface area contributed by atoms with Gasteiger partial charge in [0.25, 0.3) is 5.91 Å². The van der Waals surface area contributed by atoms with Crippen LogP contribution in [0.25, 0.3) is 11.1 Å². The molecule has 0 aliphatic rings. The Morgan fingerprint density at radius 3 is 2.08 bits per heavy atom. The zero-order valence-electron chi connectivity index (χ0n) is 28.5. The van der Waals surface area contributed by atoms with Crippen molar-refractivity contribution in [2.24, 2.45) is 10.3 Å². The van der Waals surface area contributed by atoms with Gasteiger partial charge in [0.2, 0.25) is 0 Å². The van der Waals surface area contributed by atoms with E-state index in [1.807, 2.05) is 55.5 Å². The zero-order chi connectivity index (χ0) is 35.9. The summed E-state index contributed by atoms with van der Waals surface area (Å²) in [6, 6.07) is 35.6. The molecule has 0 bridgehead atoms. The SMILES string of the molecule is Cc1cc(C(CC(c2ccc(-c3ccc(C(=O)NCC(=O)O)cc3)cc2)c2ccccc2C)=NO)ccn1.Cc1ccc(CCC=NO)cc1. The number of hydrogen-bond donors (Lipinski definition) is 4. The minimum atomic E-state index is -1.09. The molecule has 9 heteroatoms. The average molecular weight is 671 g/mol. The number of oxime groups is 2. The summed E-state index contributed by atoms with van der Waals surface area (Å²) >= 11 is 0. The van der Waals surface area contributed by atoms with Gasteiger partial charge in [0.05, 0.1) is 5.71 Å². The van der Waals surface area contributed by atoms with Crippen LogP contribution in [0, 0.1) is 20.8 Å². The van der Waals surface area contributed by atoms with E-state index in [1.54, 1.807) is 18.3 Å². The van der Waals surface area contributed by atoms with E-state index in [0.717, 1.165) is 51.9 Å². The third-order valence-corrected chi connectivity index (χ3v) is 8.27. The normalized spacial score (nSPS) is 11.8. The lowest BCUT2D eigenvalue weighted by atomic mass is 9.83. The Morgan fingerprint density at radius 2 is 1.48 bits per heavy atom. The van der Waals surface area contributed by atoms with E-state index < -0.39 is 18.4 Å². The summed E-state index contributed by atoms with van der Waals surface area (Å²) in [7, 11) is 0. The van der Waals surface area contributed by atoms with Crippen molar-refractivity contribution >= 4 is 23.8 Å². The van der Waals surface area contributed by atoms with Crippen molar-refractivity contribution in [1.29, 1.82) is 0 Å². The Bertz CT molecular complexity index is 1920. The highest BCUT2D eigenvalue weighted by molar-refractivity contribution is 6.01. The molecule has 1 atom stereocenters. The molecule has 4 N–H and O–H groups in total. The predicted molar refractivity (Wildman–Crippen MR) is 197 cm³/mol. The van der Waals surface area contributed by atoms with Crippen LogP contribution >= 0.6 is 0 Å². The minimum Gasteiger partial charge on any atom is -0.480 e. The number of aromatic nitrogens is 1. The summed E-state index contributed by atoms with van der Waals surface area (Å²) in [6.07, 6.45) is 5.46. The molecule has 0 aliphatic heterocycles. The van der Waals surface area contributed by atoms with Gasteiger partial charge in [-0.15, -0.1) is 5.16 Å². The molecule has 1 amide bonds. The Balaban J connectivity index is 0.000000396. The molecule has 1 aromatic heterocycles. The lowest BCUT2D eigenvalue weighted by Gasteiger charge is -2.21. The first kappa shape index (κ1) is 36.7. The average Bonchev–Trinajstić information content (AvgIpc) is 3.13. The maximum atomic E-state index is 12.1. The summed E-state index contributed by atoms with van der Waals surface area (Å²) in [6.45, 7) is 5.63. The van der Waals surface area contributed by atoms with E-state index in [2.05, 4.69) is 83.0 Å². The van der Waals surface area contributed by atoms with Gasteiger partial charge < -0.3 is 20.8 Å². The van der Waals surface area contributed by atoms with E-state index in [4.69, 9.17) is 10.3 Å². The Kier molecular flexibility index (Phi) is 13.6. The first-order valence-corrected chi connectivity index (χ1v) is 16.3. The van der Waals surface area contributed by atoms with Crippen LogP contribution in [-0.2, 0) is 11.2 Å². The second kappa shape index (κ2) is 18.5. The molecule has 4 aromatic carbocycles. The number of hydrogen-bond acceptors (Lipinski definition) is 7. The van der Waals surface area contributed by atoms with Gasteiger partial charge in [-0.1, -0.05) is 95.6 Å². The van der Waals surface area contributed by atoms with Crippen molar-refractivity contribution in [1.82, 2.24) is 10.3 Å². The molecule has 256 valence electrons. The standard InChI is InChI=1S/C31H29N3O4.C10H13NO/c1-20-5-3-4-6-27(20)28(18-29(34-38)26-15-16-32-21(2)17-26)24-11-7-22(8-12-24)23-9-13-25(14-10-23)31(37)33-19-30(35)36;1-9-4-6-10(7-5-9)3-2-8-11-12/h3-17,28,38H,18-19H2,1-2H3,(H,33,37)(H,35,36);4-8,12H,2-3H2,1H3. The molecule has 1 heterocycles. The van der Waals surface area contributed by atoms with Crippen molar-refractivity contribution in [2.75, 3.05) is 6.54 Å². The number of benzene rings is 4. The molecule has 0 saturated heterocycles. The van der Waals surface area contributed by atoms with Crippen LogP contribution in [0.15, 0.2) is 126 Å². The molecule has 5 aromatic rings. The number of aryl methyl sites for hydroxylation is 4. The van der Waals surface area contributed by atoms with Gasteiger partial charge in [0.15, 0.2) is 0 Å². The lowest BCUT2D eigenvalue weighted by Crippen LogP contribution is -2.29. The summed E-state index contributed by atoms with van der Waals surface area (Å²) in [5, 5.41) is 35.8. The van der Waals surface area contributed by atoms with Gasteiger partial charge in [-0.3, -0.25) is 14.6 Å². The van der Waals surface area contributed by atoms with Crippen molar-refractivity contribution in [3.63, 3.8) is 0 Å². The Labute approximate surface area is 292 Å². The quantitative estimate of drug-likeness (QED) is 0.0602. The first-order valence-electron chi connectivity index (χ1n) is 16.3. The van der Waals surface area contributed by atoms with Gasteiger partial charge in [-0.2, -0.15) is 0 Å². The molecule has 5 rings (SSSR count). The van der Waals surface area contributed by atoms with Crippen molar-refractivity contribution in [3.05, 3.63) is 160 Å². The fourth-order valence-corrected chi connectivity index (χ4v) is 5.54. The van der Waals surface area contributed by atoms with Crippen molar-refractivity contribution in [3.8, 4) is 11.1 Å². The lowest BCUT2D eigenvalue weighted by molar-refractivity contribution is -0.135. The molecular formula is C41H42N4O5. The molecule has 0 fully saturated rings. The molecule has 1 unspecified atom stereocenters. The second-order valence-corrected chi connectivity index (χ2v) is 11.9. The molecule has 9 nitrogen and oxygen atoms in total. The van der Waals surface area contributed by atoms with Crippen LogP contribution in [-0.4, -0.2) is 50.9 Å². The van der Waals surface area contributed by atoms with Gasteiger partial charge in [-0.25, -0.2) is 0 Å². The van der Waals surface area contributed by atoms with Crippen LogP contribution in [0.5, 0.6) is 0 Å². The number of carbonyl (C=O) groups excluding carboxylic acids is 1. The number of rotatable bonds is 12. The summed E-state index contributed by atoms with van der Waals surface area (Å²) < 4.78 is 0. The monoisotopic (exact) mass is 670 g/mol. The van der Waals surface area contributed by atoms with Crippen molar-refractivity contribution in [2.45, 2.75) is 46.0 Å². The topological polar surface area (TPSA) is 144 Å². The highest BCUT2D eigenvalue weighted by Crippen LogP contribution is 2.33.